The Balaban J connectivity index is 1.68. The Morgan fingerprint density at radius 1 is 1.12 bits per heavy atom. The second-order valence-corrected chi connectivity index (χ2v) is 6.05. The molecule has 0 spiro atoms. The highest BCUT2D eigenvalue weighted by Crippen LogP contribution is 2.18. The fourth-order valence-electron chi connectivity index (χ4n) is 2.91. The number of amides is 2. The van der Waals surface area contributed by atoms with Gasteiger partial charge in [-0.2, -0.15) is 4.99 Å². The molecule has 5 heteroatoms. The second kappa shape index (κ2) is 8.33. The van der Waals surface area contributed by atoms with Crippen LogP contribution in [0.1, 0.15) is 24.8 Å². The molecular weight excluding hydrogens is 314 g/mol. The van der Waals surface area contributed by atoms with Gasteiger partial charge in [0.1, 0.15) is 11.6 Å². The van der Waals surface area contributed by atoms with Crippen LogP contribution in [0, 0.1) is 0 Å². The first-order chi connectivity index (χ1) is 12.2. The van der Waals surface area contributed by atoms with E-state index < -0.39 is 0 Å². The van der Waals surface area contributed by atoms with Gasteiger partial charge in [0, 0.05) is 25.2 Å². The minimum atomic E-state index is -0.317. The summed E-state index contributed by atoms with van der Waals surface area (Å²) in [7, 11) is 1.66. The van der Waals surface area contributed by atoms with Crippen molar-refractivity contribution in [2.45, 2.75) is 25.8 Å². The van der Waals surface area contributed by atoms with Gasteiger partial charge in [0.2, 0.25) is 0 Å². The fourth-order valence-corrected chi connectivity index (χ4v) is 2.91. The van der Waals surface area contributed by atoms with Crippen LogP contribution in [-0.2, 0) is 6.54 Å². The lowest BCUT2D eigenvalue weighted by atomic mass is 10.1. The predicted molar refractivity (Wildman–Crippen MR) is 100 cm³/mol. The lowest BCUT2D eigenvalue weighted by molar-refractivity contribution is 0.258. The number of para-hydroxylation sites is 1. The van der Waals surface area contributed by atoms with E-state index in [2.05, 4.69) is 27.3 Å². The zero-order valence-electron chi connectivity index (χ0n) is 14.4. The summed E-state index contributed by atoms with van der Waals surface area (Å²) in [5, 5.41) is 2.82. The van der Waals surface area contributed by atoms with Gasteiger partial charge in [-0.1, -0.05) is 30.3 Å². The van der Waals surface area contributed by atoms with Gasteiger partial charge in [-0.25, -0.2) is 4.79 Å². The first kappa shape index (κ1) is 17.0. The van der Waals surface area contributed by atoms with Gasteiger partial charge in [0.15, 0.2) is 0 Å². The zero-order chi connectivity index (χ0) is 17.5. The number of likely N-dealkylation sites (tertiary alicyclic amines) is 1. The van der Waals surface area contributed by atoms with E-state index in [9.17, 15) is 4.79 Å². The molecule has 0 unspecified atom stereocenters. The van der Waals surface area contributed by atoms with Crippen LogP contribution < -0.4 is 10.1 Å². The maximum atomic E-state index is 12.2. The average molecular weight is 337 g/mol. The minimum Gasteiger partial charge on any atom is -0.497 e. The number of nitrogens with one attached hydrogen (secondary N) is 1. The highest BCUT2D eigenvalue weighted by molar-refractivity contribution is 6.00. The number of hydrogen-bond donors (Lipinski definition) is 1. The second-order valence-electron chi connectivity index (χ2n) is 6.05. The molecule has 1 N–H and O–H groups in total. The van der Waals surface area contributed by atoms with Gasteiger partial charge in [0.25, 0.3) is 0 Å². The number of rotatable bonds is 4. The Hall–Kier alpha value is -2.82. The molecule has 2 aromatic rings. The van der Waals surface area contributed by atoms with Crippen molar-refractivity contribution in [1.82, 2.24) is 4.90 Å². The highest BCUT2D eigenvalue weighted by atomic mass is 16.5. The van der Waals surface area contributed by atoms with Crippen molar-refractivity contribution in [1.29, 1.82) is 0 Å². The molecule has 1 heterocycles. The van der Waals surface area contributed by atoms with Gasteiger partial charge in [-0.05, 0) is 42.7 Å². The summed E-state index contributed by atoms with van der Waals surface area (Å²) in [4.78, 5) is 18.7. The first-order valence-electron chi connectivity index (χ1n) is 8.56. The molecule has 1 aliphatic rings. The molecule has 1 aliphatic heterocycles. The number of methoxy groups -OCH3 is 1. The molecule has 0 bridgehead atoms. The summed E-state index contributed by atoms with van der Waals surface area (Å²) in [6, 6.07) is 17.1. The van der Waals surface area contributed by atoms with Crippen LogP contribution in [0.2, 0.25) is 0 Å². The van der Waals surface area contributed by atoms with Gasteiger partial charge in [-0.15, -0.1) is 0 Å². The molecule has 25 heavy (non-hydrogen) atoms. The summed E-state index contributed by atoms with van der Waals surface area (Å²) in [6.07, 6.45) is 3.02. The third kappa shape index (κ3) is 4.83. The number of carbonyl (C=O) groups is 1. The number of urea groups is 1. The summed E-state index contributed by atoms with van der Waals surface area (Å²) in [6.45, 7) is 1.67. The van der Waals surface area contributed by atoms with Crippen LogP contribution in [0.25, 0.3) is 0 Å². The van der Waals surface area contributed by atoms with E-state index in [1.807, 2.05) is 42.5 Å². The molecular formula is C20H23N3O2. The third-order valence-electron chi connectivity index (χ3n) is 4.23. The van der Waals surface area contributed by atoms with Crippen molar-refractivity contribution in [3.8, 4) is 5.75 Å². The number of carbonyl (C=O) groups excluding carboxylic acids is 1. The van der Waals surface area contributed by atoms with Crippen LogP contribution in [0.15, 0.2) is 59.6 Å². The third-order valence-corrected chi connectivity index (χ3v) is 4.23. The van der Waals surface area contributed by atoms with Crippen molar-refractivity contribution >= 4 is 17.6 Å². The zero-order valence-corrected chi connectivity index (χ0v) is 14.4. The molecule has 1 fully saturated rings. The molecule has 0 atom stereocenters. The van der Waals surface area contributed by atoms with E-state index in [0.29, 0.717) is 0 Å². The number of piperidine rings is 1. The molecule has 0 radical (unpaired) electrons. The highest BCUT2D eigenvalue weighted by Gasteiger charge is 2.18. The number of aliphatic imine (C=N–C) groups is 1. The smallest absolute Gasteiger partial charge is 0.347 e. The SMILES string of the molecule is COc1ccc(CN2CCCCC2=NC(=O)Nc2ccccc2)cc1. The average Bonchev–Trinajstić information content (AvgIpc) is 2.65. The topological polar surface area (TPSA) is 53.9 Å². The number of benzene rings is 2. The maximum absolute atomic E-state index is 12.2. The summed E-state index contributed by atoms with van der Waals surface area (Å²) < 4.78 is 5.20. The van der Waals surface area contributed by atoms with Crippen molar-refractivity contribution in [2.24, 2.45) is 4.99 Å². The quantitative estimate of drug-likeness (QED) is 0.904. The Morgan fingerprint density at radius 2 is 1.88 bits per heavy atom. The van der Waals surface area contributed by atoms with Gasteiger partial charge in [-0.3, -0.25) is 0 Å². The molecule has 0 aromatic heterocycles. The monoisotopic (exact) mass is 337 g/mol. The normalized spacial score (nSPS) is 15.9. The lowest BCUT2D eigenvalue weighted by Crippen LogP contribution is -2.35. The van der Waals surface area contributed by atoms with E-state index in [4.69, 9.17) is 4.74 Å². The molecule has 0 aliphatic carbocycles. The van der Waals surface area contributed by atoms with E-state index in [-0.39, 0.29) is 6.03 Å². The molecule has 2 aromatic carbocycles. The summed E-state index contributed by atoms with van der Waals surface area (Å²) in [5.41, 5.74) is 1.94. The first-order valence-corrected chi connectivity index (χ1v) is 8.56. The van der Waals surface area contributed by atoms with Crippen molar-refractivity contribution in [3.05, 3.63) is 60.2 Å². The molecule has 1 saturated heterocycles. The number of hydrogen-bond acceptors (Lipinski definition) is 2. The van der Waals surface area contributed by atoms with Crippen molar-refractivity contribution in [2.75, 3.05) is 19.0 Å². The summed E-state index contributed by atoms with van der Waals surface area (Å²) in [5.74, 6) is 1.70. The Bertz CT molecular complexity index is 726. The lowest BCUT2D eigenvalue weighted by Gasteiger charge is -2.30. The van der Waals surface area contributed by atoms with Crippen LogP contribution in [0.5, 0.6) is 5.75 Å². The fraction of sp³-hybridized carbons (Fsp3) is 0.300. The van der Waals surface area contributed by atoms with Gasteiger partial charge >= 0.3 is 6.03 Å². The molecule has 130 valence electrons. The van der Waals surface area contributed by atoms with E-state index in [1.165, 1.54) is 5.56 Å². The van der Waals surface area contributed by atoms with E-state index >= 15 is 0 Å². The van der Waals surface area contributed by atoms with Crippen LogP contribution in [-0.4, -0.2) is 30.4 Å². The number of nitrogens with zero attached hydrogens (tertiary/aromatic N) is 2. The predicted octanol–water partition coefficient (Wildman–Crippen LogP) is 4.31. The van der Waals surface area contributed by atoms with Crippen molar-refractivity contribution in [3.63, 3.8) is 0 Å². The number of anilines is 1. The van der Waals surface area contributed by atoms with Crippen LogP contribution >= 0.6 is 0 Å². The standard InChI is InChI=1S/C20H23N3O2/c1-25-18-12-10-16(11-13-18)15-23-14-6-5-9-19(23)22-20(24)21-17-7-3-2-4-8-17/h2-4,7-8,10-13H,5-6,9,14-15H2,1H3,(H,21,24). The summed E-state index contributed by atoms with van der Waals surface area (Å²) >= 11 is 0. The van der Waals surface area contributed by atoms with E-state index in [1.54, 1.807) is 7.11 Å². The molecule has 5 nitrogen and oxygen atoms in total. The molecule has 2 amide bonds. The van der Waals surface area contributed by atoms with Gasteiger partial charge < -0.3 is 15.0 Å². The Labute approximate surface area is 148 Å². The number of amidine groups is 1. The largest absolute Gasteiger partial charge is 0.497 e. The van der Waals surface area contributed by atoms with Gasteiger partial charge in [0.05, 0.1) is 7.11 Å². The van der Waals surface area contributed by atoms with E-state index in [0.717, 1.165) is 49.6 Å². The van der Waals surface area contributed by atoms with Crippen LogP contribution in [0.4, 0.5) is 10.5 Å². The minimum absolute atomic E-state index is 0.317. The Morgan fingerprint density at radius 3 is 2.60 bits per heavy atom. The number of ether oxygens (including phenoxy) is 1. The molecule has 3 rings (SSSR count). The maximum Gasteiger partial charge on any atom is 0.347 e. The van der Waals surface area contributed by atoms with Crippen molar-refractivity contribution < 1.29 is 9.53 Å². The van der Waals surface area contributed by atoms with Crippen LogP contribution in [0.3, 0.4) is 0 Å². The molecule has 0 saturated carbocycles. The Kier molecular flexibility index (Phi) is 5.67.